The van der Waals surface area contributed by atoms with Crippen molar-refractivity contribution in [2.45, 2.75) is 13.3 Å². The van der Waals surface area contributed by atoms with Crippen molar-refractivity contribution >= 4 is 11.6 Å². The Morgan fingerprint density at radius 1 is 1.12 bits per heavy atom. The summed E-state index contributed by atoms with van der Waals surface area (Å²) in [5.74, 6) is 1.57. The van der Waals surface area contributed by atoms with E-state index in [1.807, 2.05) is 37.3 Å². The van der Waals surface area contributed by atoms with Crippen LogP contribution in [0, 0.1) is 0 Å². The minimum absolute atomic E-state index is 0.0463. The van der Waals surface area contributed by atoms with Crippen LogP contribution in [0.5, 0.6) is 5.75 Å². The molecule has 0 saturated heterocycles. The van der Waals surface area contributed by atoms with E-state index >= 15 is 0 Å². The van der Waals surface area contributed by atoms with Crippen LogP contribution in [0.25, 0.3) is 11.5 Å². The van der Waals surface area contributed by atoms with Gasteiger partial charge in [-0.1, -0.05) is 30.3 Å². The Labute approximate surface area is 139 Å². The van der Waals surface area contributed by atoms with Gasteiger partial charge in [-0.15, -0.1) is 0 Å². The second kappa shape index (κ2) is 7.41. The number of hydrogen-bond acceptors (Lipinski definition) is 5. The predicted molar refractivity (Wildman–Crippen MR) is 89.7 cm³/mol. The standard InChI is InChI=1S/C18H17N3O3/c1-2-16-20-18(24-21-16)13-8-10-14(11-9-13)19-17(22)12-23-15-6-4-3-5-7-15/h3-11H,2,12H2,1H3,(H,19,22). The smallest absolute Gasteiger partial charge is 0.262 e. The van der Waals surface area contributed by atoms with Crippen LogP contribution in [0.15, 0.2) is 59.1 Å². The first-order valence-electron chi connectivity index (χ1n) is 7.65. The molecule has 1 heterocycles. The highest BCUT2D eigenvalue weighted by Gasteiger charge is 2.08. The molecular weight excluding hydrogens is 306 g/mol. The van der Waals surface area contributed by atoms with E-state index < -0.39 is 0 Å². The van der Waals surface area contributed by atoms with E-state index in [2.05, 4.69) is 15.5 Å². The fraction of sp³-hybridized carbons (Fsp3) is 0.167. The van der Waals surface area contributed by atoms with E-state index in [9.17, 15) is 4.79 Å². The normalized spacial score (nSPS) is 10.4. The molecule has 0 unspecified atom stereocenters. The Kier molecular flexibility index (Phi) is 4.86. The zero-order valence-corrected chi connectivity index (χ0v) is 13.2. The third kappa shape index (κ3) is 3.98. The van der Waals surface area contributed by atoms with Crippen LogP contribution in [0.3, 0.4) is 0 Å². The van der Waals surface area contributed by atoms with Crippen LogP contribution in [-0.4, -0.2) is 22.7 Å². The molecule has 3 rings (SSSR count). The molecule has 122 valence electrons. The number of amides is 1. The molecule has 0 spiro atoms. The molecule has 1 amide bonds. The summed E-state index contributed by atoms with van der Waals surface area (Å²) in [5.41, 5.74) is 1.48. The number of benzene rings is 2. The van der Waals surface area contributed by atoms with Gasteiger partial charge >= 0.3 is 0 Å². The molecule has 2 aromatic carbocycles. The second-order valence-corrected chi connectivity index (χ2v) is 5.10. The monoisotopic (exact) mass is 323 g/mol. The summed E-state index contributed by atoms with van der Waals surface area (Å²) in [6.45, 7) is 1.92. The first kappa shape index (κ1) is 15.7. The van der Waals surface area contributed by atoms with Crippen molar-refractivity contribution in [1.82, 2.24) is 10.1 Å². The predicted octanol–water partition coefficient (Wildman–Crippen LogP) is 3.32. The molecular formula is C18H17N3O3. The lowest BCUT2D eigenvalue weighted by atomic mass is 10.2. The topological polar surface area (TPSA) is 77.2 Å². The van der Waals surface area contributed by atoms with Gasteiger partial charge in [0.2, 0.25) is 0 Å². The van der Waals surface area contributed by atoms with Crippen molar-refractivity contribution in [2.24, 2.45) is 0 Å². The fourth-order valence-electron chi connectivity index (χ4n) is 2.07. The molecule has 0 aliphatic carbocycles. The molecule has 0 fully saturated rings. The van der Waals surface area contributed by atoms with Crippen molar-refractivity contribution in [2.75, 3.05) is 11.9 Å². The van der Waals surface area contributed by atoms with Crippen LogP contribution >= 0.6 is 0 Å². The van der Waals surface area contributed by atoms with Crippen LogP contribution in [0.4, 0.5) is 5.69 Å². The van der Waals surface area contributed by atoms with Crippen molar-refractivity contribution in [3.63, 3.8) is 0 Å². The molecule has 24 heavy (non-hydrogen) atoms. The Bertz CT molecular complexity index is 798. The van der Waals surface area contributed by atoms with E-state index in [1.54, 1.807) is 24.3 Å². The molecule has 0 radical (unpaired) electrons. The van der Waals surface area contributed by atoms with Gasteiger partial charge in [0, 0.05) is 17.7 Å². The molecule has 6 nitrogen and oxygen atoms in total. The SMILES string of the molecule is CCc1noc(-c2ccc(NC(=O)COc3ccccc3)cc2)n1. The van der Waals surface area contributed by atoms with Gasteiger partial charge in [0.25, 0.3) is 11.8 Å². The van der Waals surface area contributed by atoms with Crippen LogP contribution < -0.4 is 10.1 Å². The molecule has 3 aromatic rings. The van der Waals surface area contributed by atoms with Gasteiger partial charge < -0.3 is 14.6 Å². The average molecular weight is 323 g/mol. The lowest BCUT2D eigenvalue weighted by Gasteiger charge is -2.07. The van der Waals surface area contributed by atoms with Crippen LogP contribution in [-0.2, 0) is 11.2 Å². The van der Waals surface area contributed by atoms with Gasteiger partial charge in [-0.3, -0.25) is 4.79 Å². The molecule has 0 aliphatic heterocycles. The average Bonchev–Trinajstić information content (AvgIpc) is 3.11. The minimum atomic E-state index is -0.224. The number of nitrogens with zero attached hydrogens (tertiary/aromatic N) is 2. The highest BCUT2D eigenvalue weighted by molar-refractivity contribution is 5.92. The van der Waals surface area contributed by atoms with Crippen LogP contribution in [0.1, 0.15) is 12.7 Å². The zero-order valence-electron chi connectivity index (χ0n) is 13.2. The highest BCUT2D eigenvalue weighted by Crippen LogP contribution is 2.20. The summed E-state index contributed by atoms with van der Waals surface area (Å²) < 4.78 is 10.6. The number of ether oxygens (including phenoxy) is 1. The summed E-state index contributed by atoms with van der Waals surface area (Å²) in [6, 6.07) is 16.4. The van der Waals surface area contributed by atoms with Gasteiger partial charge in [0.1, 0.15) is 5.75 Å². The molecule has 0 aliphatic rings. The van der Waals surface area contributed by atoms with Gasteiger partial charge in [-0.2, -0.15) is 4.98 Å². The summed E-state index contributed by atoms with van der Waals surface area (Å²) in [5, 5.41) is 6.64. The number of nitrogens with one attached hydrogen (secondary N) is 1. The van der Waals surface area contributed by atoms with Gasteiger partial charge in [0.15, 0.2) is 12.4 Å². The maximum Gasteiger partial charge on any atom is 0.262 e. The molecule has 6 heteroatoms. The van der Waals surface area contributed by atoms with E-state index in [0.717, 1.165) is 12.0 Å². The number of para-hydroxylation sites is 1. The molecule has 0 saturated carbocycles. The Balaban J connectivity index is 1.56. The lowest BCUT2D eigenvalue weighted by Crippen LogP contribution is -2.20. The summed E-state index contributed by atoms with van der Waals surface area (Å²) in [7, 11) is 0. The van der Waals surface area contributed by atoms with Crippen LogP contribution in [0.2, 0.25) is 0 Å². The summed E-state index contributed by atoms with van der Waals surface area (Å²) in [6.07, 6.45) is 0.721. The maximum atomic E-state index is 11.9. The Hall–Kier alpha value is -3.15. The second-order valence-electron chi connectivity index (χ2n) is 5.10. The quantitative estimate of drug-likeness (QED) is 0.753. The molecule has 1 N–H and O–H groups in total. The number of rotatable bonds is 6. The van der Waals surface area contributed by atoms with E-state index in [0.29, 0.717) is 23.2 Å². The first-order valence-corrected chi connectivity index (χ1v) is 7.65. The first-order chi connectivity index (χ1) is 11.7. The largest absolute Gasteiger partial charge is 0.484 e. The van der Waals surface area contributed by atoms with E-state index in [-0.39, 0.29) is 12.5 Å². The number of anilines is 1. The summed E-state index contributed by atoms with van der Waals surface area (Å²) >= 11 is 0. The molecule has 0 atom stereocenters. The minimum Gasteiger partial charge on any atom is -0.484 e. The van der Waals surface area contributed by atoms with Gasteiger partial charge in [-0.05, 0) is 36.4 Å². The zero-order chi connectivity index (χ0) is 16.8. The number of carbonyl (C=O) groups excluding carboxylic acids is 1. The van der Waals surface area contributed by atoms with E-state index in [4.69, 9.17) is 9.26 Å². The van der Waals surface area contributed by atoms with Crippen molar-refractivity contribution in [1.29, 1.82) is 0 Å². The molecule has 0 bridgehead atoms. The van der Waals surface area contributed by atoms with Crippen molar-refractivity contribution in [3.05, 3.63) is 60.4 Å². The highest BCUT2D eigenvalue weighted by atomic mass is 16.5. The Morgan fingerprint density at radius 3 is 2.54 bits per heavy atom. The van der Waals surface area contributed by atoms with Gasteiger partial charge in [0.05, 0.1) is 0 Å². The third-order valence-electron chi connectivity index (χ3n) is 3.31. The number of hydrogen-bond donors (Lipinski definition) is 1. The Morgan fingerprint density at radius 2 is 1.88 bits per heavy atom. The van der Waals surface area contributed by atoms with Gasteiger partial charge in [-0.25, -0.2) is 0 Å². The lowest BCUT2D eigenvalue weighted by molar-refractivity contribution is -0.118. The third-order valence-corrected chi connectivity index (χ3v) is 3.31. The van der Waals surface area contributed by atoms with E-state index in [1.165, 1.54) is 0 Å². The number of aromatic nitrogens is 2. The molecule has 1 aromatic heterocycles. The summed E-state index contributed by atoms with van der Waals surface area (Å²) in [4.78, 5) is 16.2. The van der Waals surface area contributed by atoms with Crippen molar-refractivity contribution in [3.8, 4) is 17.2 Å². The number of aryl methyl sites for hydroxylation is 1. The van der Waals surface area contributed by atoms with Crippen molar-refractivity contribution < 1.29 is 14.1 Å². The number of carbonyl (C=O) groups is 1. The fourth-order valence-corrected chi connectivity index (χ4v) is 2.07. The maximum absolute atomic E-state index is 11.9.